The first kappa shape index (κ1) is 10.8. The molecule has 0 unspecified atom stereocenters. The number of hydrogen-bond donors (Lipinski definition) is 2. The number of rotatable bonds is 4. The van der Waals surface area contributed by atoms with Crippen molar-refractivity contribution in [2.75, 3.05) is 11.9 Å². The number of carboxylic acids is 1. The van der Waals surface area contributed by atoms with Gasteiger partial charge < -0.3 is 14.8 Å². The lowest BCUT2D eigenvalue weighted by molar-refractivity contribution is 0.0663. The molecule has 5 heteroatoms. The highest BCUT2D eigenvalue weighted by Crippen LogP contribution is 2.26. The Hall–Kier alpha value is -1.23. The summed E-state index contributed by atoms with van der Waals surface area (Å²) < 4.78 is 5.62. The third-order valence-corrected chi connectivity index (χ3v) is 2.04. The van der Waals surface area contributed by atoms with Gasteiger partial charge in [-0.05, 0) is 22.9 Å². The van der Waals surface area contributed by atoms with E-state index >= 15 is 0 Å². The lowest BCUT2D eigenvalue weighted by Gasteiger charge is -2.01. The van der Waals surface area contributed by atoms with Gasteiger partial charge in [0.1, 0.15) is 0 Å². The Balaban J connectivity index is 2.77. The van der Waals surface area contributed by atoms with Crippen molar-refractivity contribution < 1.29 is 14.3 Å². The Kier molecular flexibility index (Phi) is 3.35. The quantitative estimate of drug-likeness (QED) is 0.817. The van der Waals surface area contributed by atoms with Gasteiger partial charge in [0.15, 0.2) is 0 Å². The molecular weight excluding hydrogens is 250 g/mol. The van der Waals surface area contributed by atoms with Crippen LogP contribution in [0.2, 0.25) is 0 Å². The molecule has 0 fully saturated rings. The fourth-order valence-corrected chi connectivity index (χ4v) is 1.25. The molecule has 0 saturated heterocycles. The van der Waals surface area contributed by atoms with E-state index < -0.39 is 5.97 Å². The molecule has 76 valence electrons. The molecule has 14 heavy (non-hydrogen) atoms. The molecule has 1 heterocycles. The molecule has 0 saturated carbocycles. The molecule has 1 rings (SSSR count). The molecule has 0 aliphatic carbocycles. The molecule has 0 amide bonds. The second kappa shape index (κ2) is 4.32. The summed E-state index contributed by atoms with van der Waals surface area (Å²) in [4.78, 5) is 10.5. The number of carboxylic acid groups (broad SMARTS) is 1. The van der Waals surface area contributed by atoms with Gasteiger partial charge in [0, 0.05) is 12.6 Å². The van der Waals surface area contributed by atoms with Gasteiger partial charge in [0.25, 0.3) is 0 Å². The summed E-state index contributed by atoms with van der Waals surface area (Å²) in [5, 5.41) is 11.6. The maximum absolute atomic E-state index is 10.5. The van der Waals surface area contributed by atoms with Gasteiger partial charge in [-0.25, -0.2) is 4.79 Å². The van der Waals surface area contributed by atoms with E-state index in [1.54, 1.807) is 0 Å². The van der Waals surface area contributed by atoms with Gasteiger partial charge in [0.05, 0.1) is 4.47 Å². The predicted octanol–water partition coefficient (Wildman–Crippen LogP) is 2.73. The highest BCUT2D eigenvalue weighted by Gasteiger charge is 2.13. The maximum Gasteiger partial charge on any atom is 0.371 e. The van der Waals surface area contributed by atoms with Gasteiger partial charge in [-0.1, -0.05) is 12.2 Å². The van der Waals surface area contributed by atoms with E-state index in [2.05, 4.69) is 27.8 Å². The summed E-state index contributed by atoms with van der Waals surface area (Å²) >= 11 is 3.19. The largest absolute Gasteiger partial charge is 0.475 e. The van der Waals surface area contributed by atoms with E-state index in [-0.39, 0.29) is 5.76 Å². The van der Waals surface area contributed by atoms with E-state index in [1.165, 1.54) is 6.07 Å². The maximum atomic E-state index is 10.5. The van der Waals surface area contributed by atoms with Crippen molar-refractivity contribution in [3.63, 3.8) is 0 Å². The molecule has 0 aliphatic heterocycles. The van der Waals surface area contributed by atoms with Gasteiger partial charge in [-0.2, -0.15) is 0 Å². The zero-order valence-corrected chi connectivity index (χ0v) is 9.22. The van der Waals surface area contributed by atoms with Crippen LogP contribution in [0.25, 0.3) is 0 Å². The van der Waals surface area contributed by atoms with Gasteiger partial charge in [0.2, 0.25) is 11.6 Å². The second-order valence-electron chi connectivity index (χ2n) is 2.90. The highest BCUT2D eigenvalue weighted by atomic mass is 79.9. The van der Waals surface area contributed by atoms with Crippen molar-refractivity contribution in [1.29, 1.82) is 0 Å². The van der Waals surface area contributed by atoms with Crippen LogP contribution in [0.15, 0.2) is 27.1 Å². The number of hydrogen-bond acceptors (Lipinski definition) is 3. The lowest BCUT2D eigenvalue weighted by Crippen LogP contribution is -2.01. The van der Waals surface area contributed by atoms with E-state index in [4.69, 9.17) is 9.52 Å². The van der Waals surface area contributed by atoms with Crippen LogP contribution in [0.1, 0.15) is 17.5 Å². The molecule has 1 aromatic heterocycles. The van der Waals surface area contributed by atoms with Crippen LogP contribution in [0.3, 0.4) is 0 Å². The topological polar surface area (TPSA) is 62.5 Å². The number of nitrogens with one attached hydrogen (secondary N) is 1. The minimum Gasteiger partial charge on any atom is -0.475 e. The molecule has 0 bridgehead atoms. The minimum atomic E-state index is -1.09. The molecule has 1 aromatic rings. The first-order chi connectivity index (χ1) is 6.50. The van der Waals surface area contributed by atoms with E-state index in [0.29, 0.717) is 16.9 Å². The zero-order valence-electron chi connectivity index (χ0n) is 7.63. The number of carbonyl (C=O) groups is 1. The van der Waals surface area contributed by atoms with Gasteiger partial charge in [-0.3, -0.25) is 0 Å². The van der Waals surface area contributed by atoms with E-state index in [1.807, 2.05) is 6.92 Å². The first-order valence-electron chi connectivity index (χ1n) is 3.91. The second-order valence-corrected chi connectivity index (χ2v) is 3.76. The average Bonchev–Trinajstić information content (AvgIpc) is 2.43. The normalized spacial score (nSPS) is 9.86. The van der Waals surface area contributed by atoms with Gasteiger partial charge in [-0.15, -0.1) is 0 Å². The standard InChI is InChI=1S/C9H10BrNO3/c1-5(2)4-11-8-6(10)3-7(14-8)9(12)13/h3,11H,1,4H2,2H3,(H,12,13). The summed E-state index contributed by atoms with van der Waals surface area (Å²) in [7, 11) is 0. The minimum absolute atomic E-state index is 0.0962. The lowest BCUT2D eigenvalue weighted by atomic mass is 10.3. The van der Waals surface area contributed by atoms with Crippen molar-refractivity contribution in [1.82, 2.24) is 0 Å². The summed E-state index contributed by atoms with van der Waals surface area (Å²) in [6.07, 6.45) is 0. The van der Waals surface area contributed by atoms with Crippen LogP contribution in [-0.4, -0.2) is 17.6 Å². The molecule has 4 nitrogen and oxygen atoms in total. The number of halogens is 1. The fourth-order valence-electron chi connectivity index (χ4n) is 0.826. The summed E-state index contributed by atoms with van der Waals surface area (Å²) in [5.41, 5.74) is 0.935. The van der Waals surface area contributed by atoms with E-state index in [9.17, 15) is 4.79 Å². The van der Waals surface area contributed by atoms with Crippen LogP contribution in [0, 0.1) is 0 Å². The third-order valence-electron chi connectivity index (χ3n) is 1.45. The molecule has 0 atom stereocenters. The molecule has 0 aliphatic rings. The molecule has 0 radical (unpaired) electrons. The zero-order chi connectivity index (χ0) is 10.7. The Bertz CT molecular complexity index is 370. The fraction of sp³-hybridized carbons (Fsp3) is 0.222. The monoisotopic (exact) mass is 259 g/mol. The Labute approximate surface area is 89.7 Å². The van der Waals surface area contributed by atoms with Crippen molar-refractivity contribution in [3.8, 4) is 0 Å². The molecular formula is C9H10BrNO3. The Morgan fingerprint density at radius 3 is 2.86 bits per heavy atom. The Morgan fingerprint density at radius 2 is 2.43 bits per heavy atom. The molecule has 2 N–H and O–H groups in total. The summed E-state index contributed by atoms with van der Waals surface area (Å²) in [6.45, 7) is 6.12. The highest BCUT2D eigenvalue weighted by molar-refractivity contribution is 9.10. The van der Waals surface area contributed by atoms with Crippen LogP contribution < -0.4 is 5.32 Å². The third kappa shape index (κ3) is 2.63. The van der Waals surface area contributed by atoms with Crippen LogP contribution >= 0.6 is 15.9 Å². The molecule has 0 aromatic carbocycles. The number of anilines is 1. The SMILES string of the molecule is C=C(C)CNc1oc(C(=O)O)cc1Br. The first-order valence-corrected chi connectivity index (χ1v) is 4.71. The van der Waals surface area contributed by atoms with Crippen LogP contribution in [0.4, 0.5) is 5.88 Å². The number of aromatic carboxylic acids is 1. The smallest absolute Gasteiger partial charge is 0.371 e. The summed E-state index contributed by atoms with van der Waals surface area (Å²) in [6, 6.07) is 1.41. The van der Waals surface area contributed by atoms with Crippen LogP contribution in [-0.2, 0) is 0 Å². The van der Waals surface area contributed by atoms with Crippen molar-refractivity contribution in [3.05, 3.63) is 28.5 Å². The van der Waals surface area contributed by atoms with Gasteiger partial charge >= 0.3 is 5.97 Å². The van der Waals surface area contributed by atoms with Crippen LogP contribution in [0.5, 0.6) is 0 Å². The van der Waals surface area contributed by atoms with Crippen molar-refractivity contribution >= 4 is 27.8 Å². The molecule has 0 spiro atoms. The number of furan rings is 1. The summed E-state index contributed by atoms with van der Waals surface area (Å²) in [5.74, 6) is -0.777. The van der Waals surface area contributed by atoms with Crippen molar-refractivity contribution in [2.24, 2.45) is 0 Å². The van der Waals surface area contributed by atoms with Crippen molar-refractivity contribution in [2.45, 2.75) is 6.92 Å². The van der Waals surface area contributed by atoms with E-state index in [0.717, 1.165) is 5.57 Å². The Morgan fingerprint density at radius 1 is 1.79 bits per heavy atom. The predicted molar refractivity (Wildman–Crippen MR) is 56.7 cm³/mol. The average molecular weight is 260 g/mol.